The Morgan fingerprint density at radius 2 is 1.93 bits per heavy atom. The molecule has 0 bridgehead atoms. The molecule has 3 rings (SSSR count). The molecule has 0 unspecified atom stereocenters. The minimum atomic E-state index is 0.0716. The van der Waals surface area contributed by atoms with Crippen LogP contribution in [0.3, 0.4) is 0 Å². The summed E-state index contributed by atoms with van der Waals surface area (Å²) in [5.41, 5.74) is 6.62. The first-order chi connectivity index (χ1) is 13.2. The van der Waals surface area contributed by atoms with Gasteiger partial charge in [0, 0.05) is 5.69 Å². The quantitative estimate of drug-likeness (QED) is 0.413. The van der Waals surface area contributed by atoms with Crippen molar-refractivity contribution in [1.82, 2.24) is 0 Å². The summed E-state index contributed by atoms with van der Waals surface area (Å²) in [6.45, 7) is 6.97. The van der Waals surface area contributed by atoms with E-state index in [1.807, 2.05) is 5.57 Å². The molecular weight excluding hydrogens is 326 g/mol. The van der Waals surface area contributed by atoms with Crippen LogP contribution in [0.15, 0.2) is 53.1 Å². The Labute approximate surface area is 167 Å². The minimum Gasteiger partial charge on any atom is -0.372 e. The maximum Gasteiger partial charge on any atom is 0.0807 e. The number of fused-ring (bicyclic) bond motifs is 1. The van der Waals surface area contributed by atoms with Gasteiger partial charge < -0.3 is 5.32 Å². The topological polar surface area (TPSA) is 12.0 Å². The third-order valence-electron chi connectivity index (χ3n) is 6.61. The number of hydrogen-bond donors (Lipinski definition) is 1. The molecule has 1 aromatic carbocycles. The van der Waals surface area contributed by atoms with Gasteiger partial charge in [-0.1, -0.05) is 69.9 Å². The van der Waals surface area contributed by atoms with Gasteiger partial charge in [-0.05, 0) is 80.6 Å². The number of allylic oxidation sites excluding steroid dienone is 2. The SMILES string of the molecule is CCCC=C(CCC)[C@]1(Nc2ccccc2)C[C@H]2CCCC2=C1CCCC. The average molecular weight is 366 g/mol. The smallest absolute Gasteiger partial charge is 0.0807 e. The summed E-state index contributed by atoms with van der Waals surface area (Å²) in [7, 11) is 0. The largest absolute Gasteiger partial charge is 0.372 e. The van der Waals surface area contributed by atoms with E-state index in [0.717, 1.165) is 5.92 Å². The van der Waals surface area contributed by atoms with Crippen molar-refractivity contribution in [3.05, 3.63) is 53.1 Å². The monoisotopic (exact) mass is 365 g/mol. The summed E-state index contributed by atoms with van der Waals surface area (Å²) in [6.07, 6.45) is 16.8. The van der Waals surface area contributed by atoms with E-state index in [2.05, 4.69) is 62.5 Å². The fraction of sp³-hybridized carbons (Fsp3) is 0.615. The molecule has 2 aliphatic rings. The van der Waals surface area contributed by atoms with Crippen LogP contribution in [0.5, 0.6) is 0 Å². The highest BCUT2D eigenvalue weighted by atomic mass is 15.0. The predicted molar refractivity (Wildman–Crippen MR) is 119 cm³/mol. The van der Waals surface area contributed by atoms with Crippen molar-refractivity contribution in [2.24, 2.45) is 5.92 Å². The molecule has 0 spiro atoms. The number of nitrogens with one attached hydrogen (secondary N) is 1. The molecule has 0 radical (unpaired) electrons. The molecule has 0 aliphatic heterocycles. The first kappa shape index (κ1) is 20.2. The van der Waals surface area contributed by atoms with E-state index >= 15 is 0 Å². The molecule has 2 atom stereocenters. The second kappa shape index (κ2) is 9.62. The summed E-state index contributed by atoms with van der Waals surface area (Å²) < 4.78 is 0. The fourth-order valence-electron chi connectivity index (χ4n) is 5.41. The molecule has 0 amide bonds. The normalized spacial score (nSPS) is 25.1. The van der Waals surface area contributed by atoms with E-state index in [0.29, 0.717) is 0 Å². The van der Waals surface area contributed by atoms with Gasteiger partial charge in [0.15, 0.2) is 0 Å². The molecule has 0 aromatic heterocycles. The Hall–Kier alpha value is -1.50. The van der Waals surface area contributed by atoms with Crippen molar-refractivity contribution >= 4 is 5.69 Å². The second-order valence-corrected chi connectivity index (χ2v) is 8.57. The number of anilines is 1. The standard InChI is InChI=1S/C26H39N/c1-4-7-15-22(13-6-3)26(27-23-16-10-9-11-17-23)20-21-14-12-18-24(21)25(26)19-8-5-2/h9-11,15-17,21,27H,4-8,12-14,18-20H2,1-3H3/t21-,26-/m1/s1. The Kier molecular flexibility index (Phi) is 7.21. The van der Waals surface area contributed by atoms with Gasteiger partial charge in [0.2, 0.25) is 0 Å². The van der Waals surface area contributed by atoms with Crippen LogP contribution in [-0.2, 0) is 0 Å². The summed E-state index contributed by atoms with van der Waals surface area (Å²) in [6, 6.07) is 11.0. The molecule has 1 heteroatoms. The van der Waals surface area contributed by atoms with Crippen molar-refractivity contribution in [3.8, 4) is 0 Å². The number of hydrogen-bond acceptors (Lipinski definition) is 1. The van der Waals surface area contributed by atoms with Crippen LogP contribution in [0.1, 0.15) is 91.4 Å². The maximum atomic E-state index is 4.11. The lowest BCUT2D eigenvalue weighted by Crippen LogP contribution is -2.41. The lowest BCUT2D eigenvalue weighted by Gasteiger charge is -2.39. The lowest BCUT2D eigenvalue weighted by molar-refractivity contribution is 0.484. The first-order valence-electron chi connectivity index (χ1n) is 11.5. The zero-order chi connectivity index (χ0) is 19.1. The number of benzene rings is 1. The number of para-hydroxylation sites is 1. The van der Waals surface area contributed by atoms with Crippen LogP contribution in [0.4, 0.5) is 5.69 Å². The summed E-state index contributed by atoms with van der Waals surface area (Å²) in [5.74, 6) is 0.815. The van der Waals surface area contributed by atoms with Crippen LogP contribution < -0.4 is 5.32 Å². The molecule has 1 saturated carbocycles. The van der Waals surface area contributed by atoms with Crippen LogP contribution >= 0.6 is 0 Å². The molecule has 1 nitrogen and oxygen atoms in total. The van der Waals surface area contributed by atoms with Crippen LogP contribution in [0, 0.1) is 5.92 Å². The molecule has 0 heterocycles. The van der Waals surface area contributed by atoms with Crippen LogP contribution in [0.2, 0.25) is 0 Å². The molecular formula is C26H39N. The highest BCUT2D eigenvalue weighted by Gasteiger charge is 2.48. The average Bonchev–Trinajstić information content (AvgIpc) is 3.24. The van der Waals surface area contributed by atoms with Gasteiger partial charge in [-0.2, -0.15) is 0 Å². The van der Waals surface area contributed by atoms with Gasteiger partial charge in [-0.15, -0.1) is 0 Å². The van der Waals surface area contributed by atoms with E-state index in [1.165, 1.54) is 76.3 Å². The first-order valence-corrected chi connectivity index (χ1v) is 11.5. The third-order valence-corrected chi connectivity index (χ3v) is 6.61. The van der Waals surface area contributed by atoms with Gasteiger partial charge >= 0.3 is 0 Å². The molecule has 1 aromatic rings. The molecule has 0 saturated heterocycles. The van der Waals surface area contributed by atoms with E-state index in [4.69, 9.17) is 0 Å². The summed E-state index contributed by atoms with van der Waals surface area (Å²) in [4.78, 5) is 0. The Bertz CT molecular complexity index is 654. The van der Waals surface area contributed by atoms with Crippen molar-refractivity contribution in [1.29, 1.82) is 0 Å². The van der Waals surface area contributed by atoms with E-state index < -0.39 is 0 Å². The van der Waals surface area contributed by atoms with Gasteiger partial charge in [-0.3, -0.25) is 0 Å². The van der Waals surface area contributed by atoms with E-state index in [9.17, 15) is 0 Å². The zero-order valence-corrected chi connectivity index (χ0v) is 17.8. The van der Waals surface area contributed by atoms with Crippen molar-refractivity contribution in [2.45, 2.75) is 96.9 Å². The highest BCUT2D eigenvalue weighted by molar-refractivity contribution is 5.58. The summed E-state index contributed by atoms with van der Waals surface area (Å²) >= 11 is 0. The summed E-state index contributed by atoms with van der Waals surface area (Å²) in [5, 5.41) is 4.11. The predicted octanol–water partition coefficient (Wildman–Crippen LogP) is 8.05. The zero-order valence-electron chi connectivity index (χ0n) is 17.8. The number of unbranched alkanes of at least 4 members (excludes halogenated alkanes) is 2. The lowest BCUT2D eigenvalue weighted by atomic mass is 9.76. The van der Waals surface area contributed by atoms with Crippen molar-refractivity contribution in [2.75, 3.05) is 5.32 Å². The molecule has 27 heavy (non-hydrogen) atoms. The van der Waals surface area contributed by atoms with Crippen molar-refractivity contribution in [3.63, 3.8) is 0 Å². The van der Waals surface area contributed by atoms with Crippen LogP contribution in [0.25, 0.3) is 0 Å². The van der Waals surface area contributed by atoms with Crippen LogP contribution in [-0.4, -0.2) is 5.54 Å². The molecule has 148 valence electrons. The van der Waals surface area contributed by atoms with E-state index in [-0.39, 0.29) is 5.54 Å². The van der Waals surface area contributed by atoms with E-state index in [1.54, 1.807) is 11.1 Å². The van der Waals surface area contributed by atoms with Gasteiger partial charge in [0.1, 0.15) is 0 Å². The number of rotatable bonds is 10. The van der Waals surface area contributed by atoms with Gasteiger partial charge in [0.05, 0.1) is 5.54 Å². The molecule has 1 N–H and O–H groups in total. The van der Waals surface area contributed by atoms with Gasteiger partial charge in [0.25, 0.3) is 0 Å². The minimum absolute atomic E-state index is 0.0716. The van der Waals surface area contributed by atoms with Gasteiger partial charge in [-0.25, -0.2) is 0 Å². The maximum absolute atomic E-state index is 4.11. The Morgan fingerprint density at radius 1 is 1.11 bits per heavy atom. The molecule has 1 fully saturated rings. The second-order valence-electron chi connectivity index (χ2n) is 8.57. The fourth-order valence-corrected chi connectivity index (χ4v) is 5.41. The third kappa shape index (κ3) is 4.33. The molecule has 2 aliphatic carbocycles. The Balaban J connectivity index is 2.07. The Morgan fingerprint density at radius 3 is 2.63 bits per heavy atom. The highest BCUT2D eigenvalue weighted by Crippen LogP contribution is 2.54. The van der Waals surface area contributed by atoms with Crippen molar-refractivity contribution < 1.29 is 0 Å².